The molecule has 0 radical (unpaired) electrons. The smallest absolute Gasteiger partial charge is 0.279 e. The van der Waals surface area contributed by atoms with Crippen molar-refractivity contribution in [3.8, 4) is 0 Å². The molecule has 0 fully saturated rings. The number of hydrogen-bond donors (Lipinski definition) is 2. The summed E-state index contributed by atoms with van der Waals surface area (Å²) in [6.45, 7) is 0. The van der Waals surface area contributed by atoms with Crippen LogP contribution in [0.5, 0.6) is 0 Å². The fourth-order valence-electron chi connectivity index (χ4n) is 1.51. The predicted molar refractivity (Wildman–Crippen MR) is 53.5 cm³/mol. The molecule has 0 saturated heterocycles. The average Bonchev–Trinajstić information content (AvgIpc) is 2.60. The standard InChI is InChI=1S/C9H7N3O3/c10-9(13)5-4-11-6-2-1-3-7(8(5)6)12(14)15/h1-4,11H,(H2,10,13). The van der Waals surface area contributed by atoms with Gasteiger partial charge in [-0.1, -0.05) is 6.07 Å². The molecule has 2 aromatic rings. The molecule has 1 aromatic heterocycles. The highest BCUT2D eigenvalue weighted by Gasteiger charge is 2.18. The van der Waals surface area contributed by atoms with E-state index in [1.54, 1.807) is 12.1 Å². The maximum absolute atomic E-state index is 11.0. The summed E-state index contributed by atoms with van der Waals surface area (Å²) in [6, 6.07) is 4.53. The van der Waals surface area contributed by atoms with Crippen LogP contribution in [0, 0.1) is 10.1 Å². The number of nitrogens with two attached hydrogens (primary N) is 1. The third-order valence-corrected chi connectivity index (χ3v) is 2.15. The zero-order chi connectivity index (χ0) is 11.0. The van der Waals surface area contributed by atoms with Gasteiger partial charge >= 0.3 is 0 Å². The van der Waals surface area contributed by atoms with E-state index in [1.165, 1.54) is 12.3 Å². The first-order valence-corrected chi connectivity index (χ1v) is 4.15. The number of nitro groups is 1. The van der Waals surface area contributed by atoms with Crippen molar-refractivity contribution in [2.24, 2.45) is 5.73 Å². The Morgan fingerprint density at radius 1 is 1.47 bits per heavy atom. The van der Waals surface area contributed by atoms with Crippen LogP contribution in [-0.2, 0) is 0 Å². The van der Waals surface area contributed by atoms with Gasteiger partial charge in [0, 0.05) is 12.3 Å². The first-order valence-electron chi connectivity index (χ1n) is 4.15. The van der Waals surface area contributed by atoms with Crippen molar-refractivity contribution in [3.05, 3.63) is 40.1 Å². The third-order valence-electron chi connectivity index (χ3n) is 2.15. The summed E-state index contributed by atoms with van der Waals surface area (Å²) in [7, 11) is 0. The van der Waals surface area contributed by atoms with E-state index in [4.69, 9.17) is 5.73 Å². The summed E-state index contributed by atoms with van der Waals surface area (Å²) in [5.74, 6) is -0.685. The SMILES string of the molecule is NC(=O)c1c[nH]c2cccc([N+](=O)[O-])c12. The molecule has 1 aromatic carbocycles. The van der Waals surface area contributed by atoms with Crippen LogP contribution in [0.4, 0.5) is 5.69 Å². The van der Waals surface area contributed by atoms with Crippen LogP contribution in [0.1, 0.15) is 10.4 Å². The first-order chi connectivity index (χ1) is 7.11. The van der Waals surface area contributed by atoms with Crippen molar-refractivity contribution < 1.29 is 9.72 Å². The van der Waals surface area contributed by atoms with Gasteiger partial charge in [-0.3, -0.25) is 14.9 Å². The molecule has 76 valence electrons. The summed E-state index contributed by atoms with van der Waals surface area (Å²) in [5, 5.41) is 11.0. The number of aromatic amines is 1. The van der Waals surface area contributed by atoms with Gasteiger partial charge in [0.05, 0.1) is 21.4 Å². The van der Waals surface area contributed by atoms with E-state index >= 15 is 0 Å². The number of amides is 1. The quantitative estimate of drug-likeness (QED) is 0.568. The maximum atomic E-state index is 11.0. The fraction of sp³-hybridized carbons (Fsp3) is 0. The number of aromatic nitrogens is 1. The van der Waals surface area contributed by atoms with E-state index in [1.807, 2.05) is 0 Å². The third kappa shape index (κ3) is 1.32. The molecule has 15 heavy (non-hydrogen) atoms. The molecule has 0 aliphatic heterocycles. The van der Waals surface area contributed by atoms with Gasteiger partial charge in [-0.25, -0.2) is 0 Å². The Balaban J connectivity index is 2.86. The number of rotatable bonds is 2. The molecular weight excluding hydrogens is 198 g/mol. The number of non-ortho nitro benzene ring substituents is 1. The molecule has 6 heteroatoms. The van der Waals surface area contributed by atoms with Gasteiger partial charge in [-0.15, -0.1) is 0 Å². The number of primary amides is 1. The Labute approximate surface area is 83.8 Å². The molecule has 1 heterocycles. The van der Waals surface area contributed by atoms with Crippen molar-refractivity contribution in [3.63, 3.8) is 0 Å². The molecular formula is C9H7N3O3. The van der Waals surface area contributed by atoms with Crippen LogP contribution in [0.2, 0.25) is 0 Å². The normalized spacial score (nSPS) is 10.4. The molecule has 0 aliphatic rings. The Kier molecular flexibility index (Phi) is 1.89. The minimum Gasteiger partial charge on any atom is -0.366 e. The molecule has 3 N–H and O–H groups in total. The number of fused-ring (bicyclic) bond motifs is 1. The average molecular weight is 205 g/mol. The lowest BCUT2D eigenvalue weighted by molar-refractivity contribution is -0.383. The van der Waals surface area contributed by atoms with Crippen LogP contribution in [0.15, 0.2) is 24.4 Å². The minimum atomic E-state index is -0.685. The lowest BCUT2D eigenvalue weighted by Gasteiger charge is -1.95. The topological polar surface area (TPSA) is 102 Å². The molecule has 0 saturated carbocycles. The van der Waals surface area contributed by atoms with Crippen LogP contribution in [-0.4, -0.2) is 15.8 Å². The van der Waals surface area contributed by atoms with E-state index in [9.17, 15) is 14.9 Å². The number of hydrogen-bond acceptors (Lipinski definition) is 3. The lowest BCUT2D eigenvalue weighted by Crippen LogP contribution is -2.10. The van der Waals surface area contributed by atoms with Crippen LogP contribution in [0.3, 0.4) is 0 Å². The number of H-pyrrole nitrogens is 1. The highest BCUT2D eigenvalue weighted by atomic mass is 16.6. The Morgan fingerprint density at radius 2 is 2.20 bits per heavy atom. The van der Waals surface area contributed by atoms with E-state index in [-0.39, 0.29) is 16.6 Å². The van der Waals surface area contributed by atoms with Crippen molar-refractivity contribution in [1.82, 2.24) is 4.98 Å². The molecule has 1 amide bonds. The number of nitrogens with zero attached hydrogens (tertiary/aromatic N) is 1. The Morgan fingerprint density at radius 3 is 2.80 bits per heavy atom. The maximum Gasteiger partial charge on any atom is 0.279 e. The largest absolute Gasteiger partial charge is 0.366 e. The monoisotopic (exact) mass is 205 g/mol. The molecule has 0 atom stereocenters. The zero-order valence-electron chi connectivity index (χ0n) is 7.56. The van der Waals surface area contributed by atoms with E-state index < -0.39 is 10.8 Å². The van der Waals surface area contributed by atoms with Crippen LogP contribution in [0.25, 0.3) is 10.9 Å². The highest BCUT2D eigenvalue weighted by molar-refractivity contribution is 6.09. The van der Waals surface area contributed by atoms with E-state index in [0.717, 1.165) is 0 Å². The number of nitrogens with one attached hydrogen (secondary N) is 1. The second kappa shape index (κ2) is 3.09. The summed E-state index contributed by atoms with van der Waals surface area (Å²) in [6.07, 6.45) is 1.38. The first kappa shape index (κ1) is 9.20. The molecule has 0 bridgehead atoms. The van der Waals surface area contributed by atoms with E-state index in [0.29, 0.717) is 5.52 Å². The predicted octanol–water partition coefficient (Wildman–Crippen LogP) is 1.18. The van der Waals surface area contributed by atoms with E-state index in [2.05, 4.69) is 4.98 Å². The Bertz CT molecular complexity index is 559. The van der Waals surface area contributed by atoms with Crippen molar-refractivity contribution in [1.29, 1.82) is 0 Å². The van der Waals surface area contributed by atoms with Crippen LogP contribution < -0.4 is 5.73 Å². The van der Waals surface area contributed by atoms with Gasteiger partial charge < -0.3 is 10.7 Å². The van der Waals surface area contributed by atoms with Gasteiger partial charge in [-0.2, -0.15) is 0 Å². The number of carbonyl (C=O) groups excluding carboxylic acids is 1. The summed E-state index contributed by atoms with van der Waals surface area (Å²) in [5.41, 5.74) is 5.65. The zero-order valence-corrected chi connectivity index (χ0v) is 7.56. The van der Waals surface area contributed by atoms with Crippen molar-refractivity contribution in [2.45, 2.75) is 0 Å². The van der Waals surface area contributed by atoms with Gasteiger partial charge in [0.15, 0.2) is 0 Å². The van der Waals surface area contributed by atoms with Gasteiger partial charge in [-0.05, 0) is 6.07 Å². The number of benzene rings is 1. The summed E-state index contributed by atoms with van der Waals surface area (Å²) >= 11 is 0. The van der Waals surface area contributed by atoms with Gasteiger partial charge in [0.2, 0.25) is 0 Å². The number of nitro benzene ring substituents is 1. The Hall–Kier alpha value is -2.37. The molecule has 0 unspecified atom stereocenters. The second-order valence-electron chi connectivity index (χ2n) is 3.02. The fourth-order valence-corrected chi connectivity index (χ4v) is 1.51. The van der Waals surface area contributed by atoms with Gasteiger partial charge in [0.25, 0.3) is 11.6 Å². The number of carbonyl (C=O) groups is 1. The summed E-state index contributed by atoms with van der Waals surface area (Å²) in [4.78, 5) is 24.0. The molecule has 6 nitrogen and oxygen atoms in total. The van der Waals surface area contributed by atoms with Gasteiger partial charge in [0.1, 0.15) is 0 Å². The van der Waals surface area contributed by atoms with Crippen LogP contribution >= 0.6 is 0 Å². The molecule has 0 aliphatic carbocycles. The second-order valence-corrected chi connectivity index (χ2v) is 3.02. The molecule has 0 spiro atoms. The van der Waals surface area contributed by atoms with Crippen molar-refractivity contribution >= 4 is 22.5 Å². The summed E-state index contributed by atoms with van der Waals surface area (Å²) < 4.78 is 0. The van der Waals surface area contributed by atoms with Crippen molar-refractivity contribution in [2.75, 3.05) is 0 Å². The highest BCUT2D eigenvalue weighted by Crippen LogP contribution is 2.27. The minimum absolute atomic E-state index is 0.123. The molecule has 2 rings (SSSR count). The lowest BCUT2D eigenvalue weighted by atomic mass is 10.1.